The van der Waals surface area contributed by atoms with E-state index in [4.69, 9.17) is 10.5 Å². The van der Waals surface area contributed by atoms with Crippen molar-refractivity contribution in [2.75, 3.05) is 6.54 Å². The number of aryl methyl sites for hydroxylation is 1. The quantitative estimate of drug-likeness (QED) is 0.822. The number of ether oxygens (including phenoxy) is 1. The maximum atomic E-state index is 5.83. The van der Waals surface area contributed by atoms with Gasteiger partial charge in [0.15, 0.2) is 0 Å². The summed E-state index contributed by atoms with van der Waals surface area (Å²) in [6.07, 6.45) is 2.55. The van der Waals surface area contributed by atoms with E-state index >= 15 is 0 Å². The van der Waals surface area contributed by atoms with Crippen LogP contribution in [0.3, 0.4) is 0 Å². The normalized spacial score (nSPS) is 19.3. The molecule has 0 amide bonds. The van der Waals surface area contributed by atoms with Crippen molar-refractivity contribution < 1.29 is 4.74 Å². The Labute approximate surface area is 91.4 Å². The summed E-state index contributed by atoms with van der Waals surface area (Å²) in [6.45, 7) is 4.85. The molecular weight excluding hydrogens is 186 g/mol. The molecule has 2 nitrogen and oxygen atoms in total. The minimum Gasteiger partial charge on any atom is -0.491 e. The molecule has 1 aromatic rings. The summed E-state index contributed by atoms with van der Waals surface area (Å²) in [7, 11) is 0. The van der Waals surface area contributed by atoms with Crippen LogP contribution in [0.2, 0.25) is 0 Å². The predicted octanol–water partition coefficient (Wildman–Crippen LogP) is 2.46. The van der Waals surface area contributed by atoms with Gasteiger partial charge in [-0.15, -0.1) is 0 Å². The number of hydrogen-bond acceptors (Lipinski definition) is 2. The molecule has 0 aromatic heterocycles. The molecule has 0 heterocycles. The average molecular weight is 205 g/mol. The number of benzene rings is 1. The molecule has 0 saturated carbocycles. The molecule has 15 heavy (non-hydrogen) atoms. The van der Waals surface area contributed by atoms with Crippen LogP contribution in [-0.4, -0.2) is 12.6 Å². The molecule has 1 aliphatic carbocycles. The van der Waals surface area contributed by atoms with E-state index in [1.165, 1.54) is 17.5 Å². The van der Waals surface area contributed by atoms with Gasteiger partial charge < -0.3 is 10.5 Å². The zero-order valence-corrected chi connectivity index (χ0v) is 9.49. The number of hydrogen-bond donors (Lipinski definition) is 1. The highest BCUT2D eigenvalue weighted by atomic mass is 16.5. The van der Waals surface area contributed by atoms with Gasteiger partial charge in [-0.1, -0.05) is 12.1 Å². The Hall–Kier alpha value is -1.02. The molecule has 2 heteroatoms. The Morgan fingerprint density at radius 3 is 2.93 bits per heavy atom. The van der Waals surface area contributed by atoms with E-state index < -0.39 is 0 Å². The van der Waals surface area contributed by atoms with E-state index in [1.807, 2.05) is 0 Å². The van der Waals surface area contributed by atoms with Gasteiger partial charge in [0.1, 0.15) is 5.75 Å². The zero-order valence-electron chi connectivity index (χ0n) is 9.49. The highest BCUT2D eigenvalue weighted by molar-refractivity contribution is 5.46. The van der Waals surface area contributed by atoms with E-state index in [0.29, 0.717) is 5.92 Å². The van der Waals surface area contributed by atoms with Gasteiger partial charge in [-0.3, -0.25) is 0 Å². The van der Waals surface area contributed by atoms with Gasteiger partial charge in [0, 0.05) is 11.5 Å². The third-order valence-corrected chi connectivity index (χ3v) is 2.97. The van der Waals surface area contributed by atoms with Crippen LogP contribution in [0.25, 0.3) is 0 Å². The molecule has 0 saturated heterocycles. The van der Waals surface area contributed by atoms with E-state index in [0.717, 1.165) is 18.7 Å². The van der Waals surface area contributed by atoms with Crippen LogP contribution in [0.4, 0.5) is 0 Å². The van der Waals surface area contributed by atoms with Gasteiger partial charge >= 0.3 is 0 Å². The van der Waals surface area contributed by atoms with Crippen LogP contribution in [0.1, 0.15) is 37.3 Å². The van der Waals surface area contributed by atoms with Crippen molar-refractivity contribution in [1.82, 2.24) is 0 Å². The van der Waals surface area contributed by atoms with E-state index in [-0.39, 0.29) is 6.10 Å². The lowest BCUT2D eigenvalue weighted by Gasteiger charge is -2.17. The summed E-state index contributed by atoms with van der Waals surface area (Å²) in [5.41, 5.74) is 8.57. The molecule has 0 bridgehead atoms. The summed E-state index contributed by atoms with van der Waals surface area (Å²) < 4.78 is 5.83. The second-order valence-corrected chi connectivity index (χ2v) is 4.47. The molecule has 0 aliphatic heterocycles. The van der Waals surface area contributed by atoms with Crippen LogP contribution in [0.5, 0.6) is 5.75 Å². The Kier molecular flexibility index (Phi) is 2.96. The Morgan fingerprint density at radius 1 is 1.47 bits per heavy atom. The number of rotatable bonds is 3. The summed E-state index contributed by atoms with van der Waals surface area (Å²) in [4.78, 5) is 0. The molecule has 0 fully saturated rings. The predicted molar refractivity (Wildman–Crippen MR) is 62.3 cm³/mol. The van der Waals surface area contributed by atoms with Crippen molar-refractivity contribution in [3.63, 3.8) is 0 Å². The van der Waals surface area contributed by atoms with Crippen molar-refractivity contribution in [3.05, 3.63) is 29.3 Å². The Balaban J connectivity index is 2.35. The van der Waals surface area contributed by atoms with Gasteiger partial charge in [-0.2, -0.15) is 0 Å². The number of nitrogens with two attached hydrogens (primary N) is 1. The first-order chi connectivity index (χ1) is 7.22. The molecule has 1 aromatic carbocycles. The molecule has 2 N–H and O–H groups in total. The highest BCUT2D eigenvalue weighted by Gasteiger charge is 2.25. The van der Waals surface area contributed by atoms with Gasteiger partial charge in [0.05, 0.1) is 6.10 Å². The van der Waals surface area contributed by atoms with Crippen LogP contribution < -0.4 is 10.5 Å². The lowest BCUT2D eigenvalue weighted by atomic mass is 10.0. The smallest absolute Gasteiger partial charge is 0.123 e. The topological polar surface area (TPSA) is 35.2 Å². The fraction of sp³-hybridized carbons (Fsp3) is 0.538. The molecule has 0 spiro atoms. The van der Waals surface area contributed by atoms with Crippen LogP contribution in [-0.2, 0) is 6.42 Å². The molecule has 1 atom stereocenters. The second-order valence-electron chi connectivity index (χ2n) is 4.47. The molecule has 1 unspecified atom stereocenters. The third-order valence-electron chi connectivity index (χ3n) is 2.97. The van der Waals surface area contributed by atoms with Crippen molar-refractivity contribution >= 4 is 0 Å². The second kappa shape index (κ2) is 4.23. The van der Waals surface area contributed by atoms with Crippen molar-refractivity contribution in [3.8, 4) is 5.75 Å². The minimum atomic E-state index is 0.232. The lowest BCUT2D eigenvalue weighted by molar-refractivity contribution is 0.239. The van der Waals surface area contributed by atoms with E-state index in [2.05, 4.69) is 32.0 Å². The maximum absolute atomic E-state index is 5.83. The standard InChI is InChI=1S/C13H19NO/c1-9(2)15-12-5-3-4-10-6-7-11(8-14)13(10)12/h3-5,9,11H,6-8,14H2,1-2H3. The van der Waals surface area contributed by atoms with Gasteiger partial charge in [-0.05, 0) is 44.9 Å². The maximum Gasteiger partial charge on any atom is 0.123 e. The molecular formula is C13H19NO. The largest absolute Gasteiger partial charge is 0.491 e. The van der Waals surface area contributed by atoms with Crippen LogP contribution >= 0.6 is 0 Å². The van der Waals surface area contributed by atoms with E-state index in [9.17, 15) is 0 Å². The van der Waals surface area contributed by atoms with Gasteiger partial charge in [-0.25, -0.2) is 0 Å². The fourth-order valence-corrected chi connectivity index (χ4v) is 2.34. The third kappa shape index (κ3) is 2.00. The summed E-state index contributed by atoms with van der Waals surface area (Å²) in [6, 6.07) is 6.33. The molecule has 0 radical (unpaired) electrons. The minimum absolute atomic E-state index is 0.232. The van der Waals surface area contributed by atoms with Crippen molar-refractivity contribution in [2.45, 2.75) is 38.7 Å². The Morgan fingerprint density at radius 2 is 2.27 bits per heavy atom. The first-order valence-corrected chi connectivity index (χ1v) is 5.71. The van der Waals surface area contributed by atoms with Crippen LogP contribution in [0, 0.1) is 0 Å². The first kappa shape index (κ1) is 10.5. The van der Waals surface area contributed by atoms with Crippen molar-refractivity contribution in [1.29, 1.82) is 0 Å². The van der Waals surface area contributed by atoms with Gasteiger partial charge in [0.25, 0.3) is 0 Å². The molecule has 1 aliphatic rings. The molecule has 2 rings (SSSR count). The Bertz CT molecular complexity index is 346. The highest BCUT2D eigenvalue weighted by Crippen LogP contribution is 2.39. The summed E-state index contributed by atoms with van der Waals surface area (Å²) >= 11 is 0. The zero-order chi connectivity index (χ0) is 10.8. The van der Waals surface area contributed by atoms with Crippen molar-refractivity contribution in [2.24, 2.45) is 5.73 Å². The average Bonchev–Trinajstić information content (AvgIpc) is 2.61. The molecule has 82 valence electrons. The van der Waals surface area contributed by atoms with Gasteiger partial charge in [0.2, 0.25) is 0 Å². The fourth-order valence-electron chi connectivity index (χ4n) is 2.34. The SMILES string of the molecule is CC(C)Oc1cccc2c1C(CN)CC2. The van der Waals surface area contributed by atoms with E-state index in [1.54, 1.807) is 0 Å². The monoisotopic (exact) mass is 205 g/mol. The number of fused-ring (bicyclic) bond motifs is 1. The summed E-state index contributed by atoms with van der Waals surface area (Å²) in [5.74, 6) is 1.53. The van der Waals surface area contributed by atoms with Crippen LogP contribution in [0.15, 0.2) is 18.2 Å². The first-order valence-electron chi connectivity index (χ1n) is 5.71. The lowest BCUT2D eigenvalue weighted by Crippen LogP contribution is -2.13. The summed E-state index contributed by atoms with van der Waals surface area (Å²) in [5, 5.41) is 0.